The Bertz CT molecular complexity index is 592. The third-order valence-electron chi connectivity index (χ3n) is 3.60. The van der Waals surface area contributed by atoms with Crippen molar-refractivity contribution in [2.24, 2.45) is 0 Å². The summed E-state index contributed by atoms with van der Waals surface area (Å²) in [6.07, 6.45) is 8.14. The number of carbonyl (C=O) groups excluding carboxylic acids is 1. The zero-order valence-electron chi connectivity index (χ0n) is 14.4. The smallest absolute Gasteiger partial charge is 0.387 e. The van der Waals surface area contributed by atoms with E-state index in [1.54, 1.807) is 0 Å². The van der Waals surface area contributed by atoms with Gasteiger partial charge in [0.2, 0.25) is 0 Å². The van der Waals surface area contributed by atoms with Crippen LogP contribution in [0, 0.1) is 11.3 Å². The molecular formula is C19H24F2N2O2. The molecule has 0 saturated carbocycles. The fourth-order valence-electron chi connectivity index (χ4n) is 2.26. The van der Waals surface area contributed by atoms with Crippen LogP contribution in [0.15, 0.2) is 29.8 Å². The van der Waals surface area contributed by atoms with Gasteiger partial charge in [0.15, 0.2) is 0 Å². The Balaban J connectivity index is 2.47. The quantitative estimate of drug-likeness (QED) is 0.358. The van der Waals surface area contributed by atoms with Crippen LogP contribution in [-0.4, -0.2) is 19.1 Å². The Labute approximate surface area is 147 Å². The Kier molecular flexibility index (Phi) is 9.91. The largest absolute Gasteiger partial charge is 0.435 e. The molecule has 1 aromatic carbocycles. The molecule has 1 N–H and O–H groups in total. The topological polar surface area (TPSA) is 62.1 Å². The van der Waals surface area contributed by atoms with Gasteiger partial charge in [-0.3, -0.25) is 4.79 Å². The fraction of sp³-hybridized carbons (Fsp3) is 0.474. The van der Waals surface area contributed by atoms with E-state index in [4.69, 9.17) is 5.26 Å². The second-order valence-corrected chi connectivity index (χ2v) is 5.64. The number of carbonyl (C=O) groups is 1. The van der Waals surface area contributed by atoms with Gasteiger partial charge in [-0.15, -0.1) is 0 Å². The maximum absolute atomic E-state index is 12.1. The summed E-state index contributed by atoms with van der Waals surface area (Å²) < 4.78 is 28.4. The highest BCUT2D eigenvalue weighted by molar-refractivity contribution is 6.01. The highest BCUT2D eigenvalue weighted by atomic mass is 19.3. The third-order valence-corrected chi connectivity index (χ3v) is 3.60. The van der Waals surface area contributed by atoms with Crippen molar-refractivity contribution in [3.8, 4) is 11.8 Å². The second-order valence-electron chi connectivity index (χ2n) is 5.64. The van der Waals surface area contributed by atoms with E-state index in [9.17, 15) is 13.6 Å². The van der Waals surface area contributed by atoms with E-state index in [-0.39, 0.29) is 11.3 Å². The number of halogens is 2. The predicted octanol–water partition coefficient (Wildman–Crippen LogP) is 4.67. The fourth-order valence-corrected chi connectivity index (χ4v) is 2.26. The third kappa shape index (κ3) is 8.85. The molecule has 0 radical (unpaired) electrons. The van der Waals surface area contributed by atoms with Crippen LogP contribution in [0.4, 0.5) is 8.78 Å². The van der Waals surface area contributed by atoms with Crippen molar-refractivity contribution in [3.63, 3.8) is 0 Å². The van der Waals surface area contributed by atoms with Gasteiger partial charge in [-0.05, 0) is 30.2 Å². The second kappa shape index (κ2) is 12.0. The van der Waals surface area contributed by atoms with Gasteiger partial charge in [0.25, 0.3) is 5.91 Å². The van der Waals surface area contributed by atoms with E-state index in [0.29, 0.717) is 12.1 Å². The molecule has 0 heterocycles. The molecule has 1 aromatic rings. The monoisotopic (exact) mass is 350 g/mol. The molecule has 0 aliphatic carbocycles. The normalized spacial score (nSPS) is 11.2. The van der Waals surface area contributed by atoms with Crippen molar-refractivity contribution in [2.45, 2.75) is 52.1 Å². The van der Waals surface area contributed by atoms with E-state index >= 15 is 0 Å². The number of benzene rings is 1. The SMILES string of the molecule is CCCCCCCCNC(=O)/C(C#N)=C/c1ccc(OC(F)F)cc1. The van der Waals surface area contributed by atoms with Crippen LogP contribution in [0.2, 0.25) is 0 Å². The minimum Gasteiger partial charge on any atom is -0.435 e. The summed E-state index contributed by atoms with van der Waals surface area (Å²) in [7, 11) is 0. The van der Waals surface area contributed by atoms with Crippen LogP contribution in [0.25, 0.3) is 6.08 Å². The summed E-state index contributed by atoms with van der Waals surface area (Å²) >= 11 is 0. The zero-order valence-corrected chi connectivity index (χ0v) is 14.4. The van der Waals surface area contributed by atoms with Crippen molar-refractivity contribution in [1.82, 2.24) is 5.32 Å². The molecule has 1 amide bonds. The van der Waals surface area contributed by atoms with E-state index in [2.05, 4.69) is 17.0 Å². The first-order valence-electron chi connectivity index (χ1n) is 8.51. The van der Waals surface area contributed by atoms with Crippen LogP contribution < -0.4 is 10.1 Å². The van der Waals surface area contributed by atoms with Crippen molar-refractivity contribution in [3.05, 3.63) is 35.4 Å². The van der Waals surface area contributed by atoms with Crippen molar-refractivity contribution >= 4 is 12.0 Å². The standard InChI is InChI=1S/C19H24F2N2O2/c1-2-3-4-5-6-7-12-23-18(24)16(14-22)13-15-8-10-17(11-9-15)25-19(20)21/h8-11,13,19H,2-7,12H2,1H3,(H,23,24)/b16-13+. The van der Waals surface area contributed by atoms with Crippen LogP contribution in [0.1, 0.15) is 51.0 Å². The Morgan fingerprint density at radius 1 is 1.20 bits per heavy atom. The molecule has 0 unspecified atom stereocenters. The summed E-state index contributed by atoms with van der Waals surface area (Å²) in [6, 6.07) is 7.61. The van der Waals surface area contributed by atoms with Crippen LogP contribution in [-0.2, 0) is 4.79 Å². The molecular weight excluding hydrogens is 326 g/mol. The molecule has 0 spiro atoms. The zero-order chi connectivity index (χ0) is 18.5. The first kappa shape index (κ1) is 20.6. The van der Waals surface area contributed by atoms with Gasteiger partial charge in [0.1, 0.15) is 17.4 Å². The maximum atomic E-state index is 12.1. The lowest BCUT2D eigenvalue weighted by Crippen LogP contribution is -2.25. The van der Waals surface area contributed by atoms with Gasteiger partial charge < -0.3 is 10.1 Å². The number of alkyl halides is 2. The van der Waals surface area contributed by atoms with Crippen molar-refractivity contribution < 1.29 is 18.3 Å². The molecule has 6 heteroatoms. The molecule has 0 saturated heterocycles. The lowest BCUT2D eigenvalue weighted by atomic mass is 10.1. The maximum Gasteiger partial charge on any atom is 0.387 e. The first-order valence-corrected chi connectivity index (χ1v) is 8.51. The van der Waals surface area contributed by atoms with Crippen LogP contribution >= 0.6 is 0 Å². The predicted molar refractivity (Wildman–Crippen MR) is 93.0 cm³/mol. The van der Waals surface area contributed by atoms with E-state index in [1.807, 2.05) is 6.07 Å². The number of nitriles is 1. The molecule has 0 atom stereocenters. The lowest BCUT2D eigenvalue weighted by molar-refractivity contribution is -0.117. The molecule has 0 aromatic heterocycles. The van der Waals surface area contributed by atoms with Crippen molar-refractivity contribution in [1.29, 1.82) is 5.26 Å². The van der Waals surface area contributed by atoms with Gasteiger partial charge in [-0.1, -0.05) is 51.2 Å². The summed E-state index contributed by atoms with van der Waals surface area (Å²) in [4.78, 5) is 12.0. The van der Waals surface area contributed by atoms with Crippen LogP contribution in [0.3, 0.4) is 0 Å². The van der Waals surface area contributed by atoms with Gasteiger partial charge in [0, 0.05) is 6.54 Å². The number of amides is 1. The summed E-state index contributed by atoms with van der Waals surface area (Å²) in [6.45, 7) is -0.190. The van der Waals surface area contributed by atoms with E-state index < -0.39 is 12.5 Å². The molecule has 25 heavy (non-hydrogen) atoms. The average molecular weight is 350 g/mol. The number of rotatable bonds is 11. The highest BCUT2D eigenvalue weighted by Crippen LogP contribution is 2.16. The number of nitrogens with one attached hydrogen (secondary N) is 1. The Morgan fingerprint density at radius 3 is 2.44 bits per heavy atom. The molecule has 136 valence electrons. The first-order chi connectivity index (χ1) is 12.1. The number of hydrogen-bond acceptors (Lipinski definition) is 3. The van der Waals surface area contributed by atoms with Gasteiger partial charge in [-0.25, -0.2) is 0 Å². The molecule has 1 rings (SSSR count). The van der Waals surface area contributed by atoms with E-state index in [1.165, 1.54) is 49.6 Å². The summed E-state index contributed by atoms with van der Waals surface area (Å²) in [5.41, 5.74) is 0.543. The Hall–Kier alpha value is -2.42. The summed E-state index contributed by atoms with van der Waals surface area (Å²) in [5.74, 6) is -0.401. The van der Waals surface area contributed by atoms with Crippen LogP contribution in [0.5, 0.6) is 5.75 Å². The Morgan fingerprint density at radius 2 is 1.84 bits per heavy atom. The molecule has 0 aliphatic heterocycles. The van der Waals surface area contributed by atoms with E-state index in [0.717, 1.165) is 19.3 Å². The number of nitrogens with zero attached hydrogens (tertiary/aromatic N) is 1. The highest BCUT2D eigenvalue weighted by Gasteiger charge is 2.09. The minimum atomic E-state index is -2.89. The molecule has 0 aliphatic rings. The van der Waals surface area contributed by atoms with Crippen molar-refractivity contribution in [2.75, 3.05) is 6.54 Å². The van der Waals surface area contributed by atoms with Gasteiger partial charge in [0.05, 0.1) is 0 Å². The van der Waals surface area contributed by atoms with Gasteiger partial charge >= 0.3 is 6.61 Å². The number of unbranched alkanes of at least 4 members (excludes halogenated alkanes) is 5. The average Bonchev–Trinajstić information content (AvgIpc) is 2.59. The number of hydrogen-bond donors (Lipinski definition) is 1. The molecule has 0 bridgehead atoms. The lowest BCUT2D eigenvalue weighted by Gasteiger charge is -2.05. The number of ether oxygens (including phenoxy) is 1. The molecule has 4 nitrogen and oxygen atoms in total. The summed E-state index contributed by atoms with van der Waals surface area (Å²) in [5, 5.41) is 11.9. The molecule has 0 fully saturated rings. The minimum absolute atomic E-state index is 0.0199. The van der Waals surface area contributed by atoms with Gasteiger partial charge in [-0.2, -0.15) is 14.0 Å².